The number of nitrogens with one attached hydrogen (secondary N) is 1. The average Bonchev–Trinajstić information content (AvgIpc) is 2.30. The van der Waals surface area contributed by atoms with Crippen LogP contribution in [0.3, 0.4) is 0 Å². The third-order valence-corrected chi connectivity index (χ3v) is 4.58. The lowest BCUT2D eigenvalue weighted by molar-refractivity contribution is 0.208. The van der Waals surface area contributed by atoms with Crippen LogP contribution >= 0.6 is 15.9 Å². The van der Waals surface area contributed by atoms with Crippen molar-refractivity contribution in [2.75, 3.05) is 25.0 Å². The molecule has 1 aromatic rings. The molecule has 1 saturated heterocycles. The normalized spacial score (nSPS) is 23.8. The first-order valence-corrected chi connectivity index (χ1v) is 7.00. The number of rotatable bonds is 2. The molecular formula is C14H21BrN2. The predicted octanol–water partition coefficient (Wildman–Crippen LogP) is 3.27. The van der Waals surface area contributed by atoms with Crippen molar-refractivity contribution in [3.05, 3.63) is 28.7 Å². The van der Waals surface area contributed by atoms with E-state index in [4.69, 9.17) is 0 Å². The van der Waals surface area contributed by atoms with Crippen molar-refractivity contribution in [3.8, 4) is 0 Å². The molecular weight excluding hydrogens is 276 g/mol. The van der Waals surface area contributed by atoms with Crippen LogP contribution in [0.15, 0.2) is 28.7 Å². The molecule has 3 heteroatoms. The molecule has 0 bridgehead atoms. The lowest BCUT2D eigenvalue weighted by Gasteiger charge is -2.45. The minimum Gasteiger partial charge on any atom is -0.369 e. The number of benzene rings is 1. The molecule has 1 aromatic carbocycles. The van der Waals surface area contributed by atoms with Gasteiger partial charge in [-0.05, 0) is 46.9 Å². The molecule has 1 N–H and O–H groups in total. The molecule has 2 rings (SSSR count). The maximum Gasteiger partial charge on any atom is 0.0511 e. The van der Waals surface area contributed by atoms with E-state index >= 15 is 0 Å². The van der Waals surface area contributed by atoms with E-state index in [2.05, 4.69) is 71.3 Å². The molecule has 0 aliphatic carbocycles. The molecule has 1 unspecified atom stereocenters. The molecule has 2 nitrogen and oxygen atoms in total. The SMILES string of the molecule is CNC1CN(c2ccccc2Br)CCC1(C)C. The van der Waals surface area contributed by atoms with Crippen LogP contribution in [0.4, 0.5) is 5.69 Å². The van der Waals surface area contributed by atoms with Gasteiger partial charge in [0.2, 0.25) is 0 Å². The molecule has 1 aliphatic heterocycles. The van der Waals surface area contributed by atoms with Gasteiger partial charge in [-0.1, -0.05) is 26.0 Å². The Bertz CT molecular complexity index is 390. The standard InChI is InChI=1S/C14H21BrN2/c1-14(2)8-9-17(10-13(14)16-3)12-7-5-4-6-11(12)15/h4-7,13,16H,8-10H2,1-3H3. The number of piperidine rings is 1. The van der Waals surface area contributed by atoms with Crippen LogP contribution in [0.1, 0.15) is 20.3 Å². The van der Waals surface area contributed by atoms with Crippen molar-refractivity contribution in [3.63, 3.8) is 0 Å². The van der Waals surface area contributed by atoms with Crippen molar-refractivity contribution in [1.29, 1.82) is 0 Å². The molecule has 1 atom stereocenters. The maximum absolute atomic E-state index is 3.64. The quantitative estimate of drug-likeness (QED) is 0.901. The van der Waals surface area contributed by atoms with Gasteiger partial charge in [-0.3, -0.25) is 0 Å². The summed E-state index contributed by atoms with van der Waals surface area (Å²) < 4.78 is 1.19. The maximum atomic E-state index is 3.64. The summed E-state index contributed by atoms with van der Waals surface area (Å²) in [6.45, 7) is 6.91. The smallest absolute Gasteiger partial charge is 0.0511 e. The van der Waals surface area contributed by atoms with Crippen LogP contribution in [0.5, 0.6) is 0 Å². The van der Waals surface area contributed by atoms with Crippen molar-refractivity contribution in [2.24, 2.45) is 5.41 Å². The Morgan fingerprint density at radius 2 is 2.06 bits per heavy atom. The Balaban J connectivity index is 2.18. The third-order valence-electron chi connectivity index (χ3n) is 3.91. The Morgan fingerprint density at radius 1 is 1.35 bits per heavy atom. The summed E-state index contributed by atoms with van der Waals surface area (Å²) >= 11 is 3.64. The highest BCUT2D eigenvalue weighted by molar-refractivity contribution is 9.10. The van der Waals surface area contributed by atoms with Gasteiger partial charge < -0.3 is 10.2 Å². The Hall–Kier alpha value is -0.540. The van der Waals surface area contributed by atoms with Crippen molar-refractivity contribution < 1.29 is 0 Å². The highest BCUT2D eigenvalue weighted by Crippen LogP contribution is 2.35. The Morgan fingerprint density at radius 3 is 2.71 bits per heavy atom. The minimum atomic E-state index is 0.381. The summed E-state index contributed by atoms with van der Waals surface area (Å²) in [7, 11) is 2.07. The first kappa shape index (κ1) is 12.9. The molecule has 1 fully saturated rings. The average molecular weight is 297 g/mol. The van der Waals surface area contributed by atoms with Crippen molar-refractivity contribution >= 4 is 21.6 Å². The molecule has 0 spiro atoms. The first-order chi connectivity index (χ1) is 8.04. The number of anilines is 1. The number of para-hydroxylation sites is 1. The van der Waals surface area contributed by atoms with Gasteiger partial charge in [0.25, 0.3) is 0 Å². The van der Waals surface area contributed by atoms with Crippen molar-refractivity contribution in [2.45, 2.75) is 26.3 Å². The molecule has 1 heterocycles. The van der Waals surface area contributed by atoms with Crippen LogP contribution in [-0.2, 0) is 0 Å². The minimum absolute atomic E-state index is 0.381. The molecule has 0 amide bonds. The van der Waals surface area contributed by atoms with Gasteiger partial charge in [0, 0.05) is 23.6 Å². The zero-order chi connectivity index (χ0) is 12.5. The highest BCUT2D eigenvalue weighted by Gasteiger charge is 2.34. The van der Waals surface area contributed by atoms with Gasteiger partial charge in [-0.2, -0.15) is 0 Å². The molecule has 1 aliphatic rings. The third kappa shape index (κ3) is 2.66. The summed E-state index contributed by atoms with van der Waals surface area (Å²) in [6, 6.07) is 9.02. The van der Waals surface area contributed by atoms with Crippen LogP contribution < -0.4 is 10.2 Å². The zero-order valence-corrected chi connectivity index (χ0v) is 12.4. The topological polar surface area (TPSA) is 15.3 Å². The van der Waals surface area contributed by atoms with E-state index in [1.165, 1.54) is 16.6 Å². The Labute approximate surface area is 113 Å². The monoisotopic (exact) mass is 296 g/mol. The predicted molar refractivity (Wildman–Crippen MR) is 77.6 cm³/mol. The van der Waals surface area contributed by atoms with Crippen LogP contribution in [-0.4, -0.2) is 26.2 Å². The lowest BCUT2D eigenvalue weighted by atomic mass is 9.78. The number of nitrogens with zero attached hydrogens (tertiary/aromatic N) is 1. The van der Waals surface area contributed by atoms with Gasteiger partial charge >= 0.3 is 0 Å². The van der Waals surface area contributed by atoms with E-state index in [-0.39, 0.29) is 0 Å². The van der Waals surface area contributed by atoms with Gasteiger partial charge in [0.05, 0.1) is 5.69 Å². The molecule has 17 heavy (non-hydrogen) atoms. The molecule has 0 radical (unpaired) electrons. The summed E-state index contributed by atoms with van der Waals surface area (Å²) in [5.74, 6) is 0. The number of hydrogen-bond acceptors (Lipinski definition) is 2. The van der Waals surface area contributed by atoms with E-state index in [0.29, 0.717) is 11.5 Å². The van der Waals surface area contributed by atoms with Gasteiger partial charge in [-0.25, -0.2) is 0 Å². The van der Waals surface area contributed by atoms with E-state index in [0.717, 1.165) is 13.1 Å². The summed E-state index contributed by atoms with van der Waals surface area (Å²) in [5.41, 5.74) is 1.69. The fraction of sp³-hybridized carbons (Fsp3) is 0.571. The van der Waals surface area contributed by atoms with Crippen molar-refractivity contribution in [1.82, 2.24) is 5.32 Å². The van der Waals surface area contributed by atoms with Gasteiger partial charge in [0.15, 0.2) is 0 Å². The zero-order valence-electron chi connectivity index (χ0n) is 10.8. The van der Waals surface area contributed by atoms with E-state index < -0.39 is 0 Å². The number of likely N-dealkylation sites (N-methyl/N-ethyl adjacent to an activating group) is 1. The molecule has 0 saturated carbocycles. The second-order valence-electron chi connectivity index (χ2n) is 5.48. The first-order valence-electron chi connectivity index (χ1n) is 6.21. The van der Waals surface area contributed by atoms with E-state index in [1.807, 2.05) is 0 Å². The number of halogens is 1. The lowest BCUT2D eigenvalue weighted by Crippen LogP contribution is -2.54. The second kappa shape index (κ2) is 4.99. The van der Waals surface area contributed by atoms with Gasteiger partial charge in [-0.15, -0.1) is 0 Å². The fourth-order valence-electron chi connectivity index (χ4n) is 2.57. The summed E-state index contributed by atoms with van der Waals surface area (Å²) in [6.07, 6.45) is 1.22. The van der Waals surface area contributed by atoms with Gasteiger partial charge in [0.1, 0.15) is 0 Å². The molecule has 0 aromatic heterocycles. The summed E-state index contributed by atoms with van der Waals surface area (Å²) in [4.78, 5) is 2.47. The van der Waals surface area contributed by atoms with E-state index in [9.17, 15) is 0 Å². The largest absolute Gasteiger partial charge is 0.369 e. The molecule has 94 valence electrons. The second-order valence-corrected chi connectivity index (χ2v) is 6.33. The fourth-order valence-corrected chi connectivity index (χ4v) is 3.10. The van der Waals surface area contributed by atoms with E-state index in [1.54, 1.807) is 0 Å². The van der Waals surface area contributed by atoms with Crippen LogP contribution in [0.25, 0.3) is 0 Å². The number of hydrogen-bond donors (Lipinski definition) is 1. The highest BCUT2D eigenvalue weighted by atomic mass is 79.9. The van der Waals surface area contributed by atoms with Crippen LogP contribution in [0, 0.1) is 5.41 Å². The van der Waals surface area contributed by atoms with Crippen LogP contribution in [0.2, 0.25) is 0 Å². The summed E-state index contributed by atoms with van der Waals surface area (Å²) in [5, 5.41) is 3.46. The Kier molecular flexibility index (Phi) is 3.79.